The van der Waals surface area contributed by atoms with E-state index in [0.29, 0.717) is 12.8 Å². The maximum Gasteiger partial charge on any atom is 0.231 e. The third-order valence-corrected chi connectivity index (χ3v) is 3.58. The number of fused-ring (bicyclic) bond motifs is 1. The first-order chi connectivity index (χ1) is 9.08. The standard InChI is InChI=1S/C16H25NO2/c1-12(2)8-9-17(13(3)4)10-14-6-5-7-15-16(14)19-11-18-15/h5-7,12-13H,8-11H2,1-4H3. The van der Waals surface area contributed by atoms with Gasteiger partial charge in [0.2, 0.25) is 6.79 Å². The van der Waals surface area contributed by atoms with Crippen LogP contribution in [0, 0.1) is 5.92 Å². The normalized spacial score (nSPS) is 13.8. The Morgan fingerprint density at radius 3 is 2.63 bits per heavy atom. The molecule has 0 spiro atoms. The Kier molecular flexibility index (Phi) is 4.70. The molecule has 3 nitrogen and oxygen atoms in total. The van der Waals surface area contributed by atoms with Gasteiger partial charge in [0.15, 0.2) is 11.5 Å². The second-order valence-corrected chi connectivity index (χ2v) is 5.90. The first kappa shape index (κ1) is 14.2. The van der Waals surface area contributed by atoms with Gasteiger partial charge >= 0.3 is 0 Å². The van der Waals surface area contributed by atoms with Crippen LogP contribution >= 0.6 is 0 Å². The smallest absolute Gasteiger partial charge is 0.231 e. The molecule has 106 valence electrons. The van der Waals surface area contributed by atoms with Crippen molar-refractivity contribution in [3.8, 4) is 11.5 Å². The van der Waals surface area contributed by atoms with Gasteiger partial charge in [-0.3, -0.25) is 4.90 Å². The maximum atomic E-state index is 5.59. The lowest BCUT2D eigenvalue weighted by Gasteiger charge is -2.27. The molecule has 1 heterocycles. The Labute approximate surface area is 116 Å². The minimum absolute atomic E-state index is 0.347. The third-order valence-electron chi connectivity index (χ3n) is 3.58. The zero-order valence-electron chi connectivity index (χ0n) is 12.5. The molecule has 1 aliphatic heterocycles. The zero-order valence-corrected chi connectivity index (χ0v) is 12.5. The van der Waals surface area contributed by atoms with Crippen LogP contribution in [0.2, 0.25) is 0 Å². The molecule has 0 bridgehead atoms. The highest BCUT2D eigenvalue weighted by atomic mass is 16.7. The van der Waals surface area contributed by atoms with Crippen LogP contribution in [0.25, 0.3) is 0 Å². The summed E-state index contributed by atoms with van der Waals surface area (Å²) >= 11 is 0. The number of hydrogen-bond acceptors (Lipinski definition) is 3. The number of hydrogen-bond donors (Lipinski definition) is 0. The second kappa shape index (κ2) is 6.29. The molecule has 0 radical (unpaired) electrons. The number of nitrogens with zero attached hydrogens (tertiary/aromatic N) is 1. The second-order valence-electron chi connectivity index (χ2n) is 5.90. The van der Waals surface area contributed by atoms with Gasteiger partial charge in [0.25, 0.3) is 0 Å². The van der Waals surface area contributed by atoms with Crippen LogP contribution in [-0.2, 0) is 6.54 Å². The summed E-state index contributed by atoms with van der Waals surface area (Å²) in [6, 6.07) is 6.69. The highest BCUT2D eigenvalue weighted by Crippen LogP contribution is 2.36. The van der Waals surface area contributed by atoms with Crippen LogP contribution in [0.15, 0.2) is 18.2 Å². The summed E-state index contributed by atoms with van der Waals surface area (Å²) in [4.78, 5) is 2.50. The highest BCUT2D eigenvalue weighted by molar-refractivity contribution is 5.48. The number of rotatable bonds is 6. The predicted molar refractivity (Wildman–Crippen MR) is 77.6 cm³/mol. The topological polar surface area (TPSA) is 21.7 Å². The SMILES string of the molecule is CC(C)CCN(Cc1cccc2c1OCO2)C(C)C. The van der Waals surface area contributed by atoms with E-state index in [-0.39, 0.29) is 0 Å². The molecule has 0 aliphatic carbocycles. The monoisotopic (exact) mass is 263 g/mol. The van der Waals surface area contributed by atoms with Gasteiger partial charge in [-0.2, -0.15) is 0 Å². The van der Waals surface area contributed by atoms with Crippen LogP contribution in [0.1, 0.15) is 39.7 Å². The van der Waals surface area contributed by atoms with Gasteiger partial charge < -0.3 is 9.47 Å². The van der Waals surface area contributed by atoms with Crippen molar-refractivity contribution in [2.75, 3.05) is 13.3 Å². The van der Waals surface area contributed by atoms with Crippen molar-refractivity contribution in [3.63, 3.8) is 0 Å². The Hall–Kier alpha value is -1.22. The zero-order chi connectivity index (χ0) is 13.8. The minimum Gasteiger partial charge on any atom is -0.454 e. The Bertz CT molecular complexity index is 415. The molecule has 0 amide bonds. The molecular weight excluding hydrogens is 238 g/mol. The average molecular weight is 263 g/mol. The molecule has 0 atom stereocenters. The van der Waals surface area contributed by atoms with Crippen LogP contribution in [0.5, 0.6) is 11.5 Å². The van der Waals surface area contributed by atoms with Crippen LogP contribution in [-0.4, -0.2) is 24.3 Å². The van der Waals surface area contributed by atoms with Crippen molar-refractivity contribution in [3.05, 3.63) is 23.8 Å². The van der Waals surface area contributed by atoms with Crippen molar-refractivity contribution in [1.82, 2.24) is 4.90 Å². The first-order valence-electron chi connectivity index (χ1n) is 7.19. The van der Waals surface area contributed by atoms with Crippen LogP contribution in [0.4, 0.5) is 0 Å². The van der Waals surface area contributed by atoms with E-state index in [9.17, 15) is 0 Å². The number of para-hydroxylation sites is 1. The van der Waals surface area contributed by atoms with E-state index >= 15 is 0 Å². The minimum atomic E-state index is 0.347. The third kappa shape index (κ3) is 3.63. The van der Waals surface area contributed by atoms with Crippen molar-refractivity contribution < 1.29 is 9.47 Å². The van der Waals surface area contributed by atoms with Gasteiger partial charge in [-0.25, -0.2) is 0 Å². The van der Waals surface area contributed by atoms with Crippen molar-refractivity contribution in [2.24, 2.45) is 5.92 Å². The summed E-state index contributed by atoms with van der Waals surface area (Å²) in [5, 5.41) is 0. The van der Waals surface area contributed by atoms with Gasteiger partial charge in [0.1, 0.15) is 0 Å². The van der Waals surface area contributed by atoms with Gasteiger partial charge in [-0.1, -0.05) is 26.0 Å². The largest absolute Gasteiger partial charge is 0.454 e. The highest BCUT2D eigenvalue weighted by Gasteiger charge is 2.20. The van der Waals surface area contributed by atoms with Crippen molar-refractivity contribution >= 4 is 0 Å². The summed E-state index contributed by atoms with van der Waals surface area (Å²) in [6.07, 6.45) is 1.23. The summed E-state index contributed by atoms with van der Waals surface area (Å²) < 4.78 is 11.0. The molecule has 1 aromatic rings. The number of ether oxygens (including phenoxy) is 2. The summed E-state index contributed by atoms with van der Waals surface area (Å²) in [5.41, 5.74) is 1.23. The summed E-state index contributed by atoms with van der Waals surface area (Å²) in [7, 11) is 0. The van der Waals surface area contributed by atoms with Crippen molar-refractivity contribution in [1.29, 1.82) is 0 Å². The maximum absolute atomic E-state index is 5.59. The van der Waals surface area contributed by atoms with E-state index in [2.05, 4.69) is 38.7 Å². The fraction of sp³-hybridized carbons (Fsp3) is 0.625. The Morgan fingerprint density at radius 1 is 1.16 bits per heavy atom. The average Bonchev–Trinajstić information content (AvgIpc) is 2.82. The molecule has 0 aromatic heterocycles. The molecule has 2 rings (SSSR count). The molecule has 1 aliphatic rings. The van der Waals surface area contributed by atoms with Gasteiger partial charge in [0, 0.05) is 18.2 Å². The molecule has 0 unspecified atom stereocenters. The number of benzene rings is 1. The fourth-order valence-corrected chi connectivity index (χ4v) is 2.28. The lowest BCUT2D eigenvalue weighted by molar-refractivity contribution is 0.169. The Morgan fingerprint density at radius 2 is 1.95 bits per heavy atom. The van der Waals surface area contributed by atoms with E-state index in [1.165, 1.54) is 12.0 Å². The van der Waals surface area contributed by atoms with Gasteiger partial charge in [-0.05, 0) is 38.8 Å². The van der Waals surface area contributed by atoms with E-state index in [1.807, 2.05) is 12.1 Å². The van der Waals surface area contributed by atoms with E-state index in [0.717, 1.165) is 30.5 Å². The van der Waals surface area contributed by atoms with Crippen LogP contribution < -0.4 is 9.47 Å². The van der Waals surface area contributed by atoms with E-state index < -0.39 is 0 Å². The summed E-state index contributed by atoms with van der Waals surface area (Å²) in [6.45, 7) is 11.4. The quantitative estimate of drug-likeness (QED) is 0.781. The molecule has 19 heavy (non-hydrogen) atoms. The van der Waals surface area contributed by atoms with Gasteiger partial charge in [-0.15, -0.1) is 0 Å². The first-order valence-corrected chi connectivity index (χ1v) is 7.19. The molecule has 0 N–H and O–H groups in total. The molecular formula is C16H25NO2. The lowest BCUT2D eigenvalue weighted by atomic mass is 10.1. The molecule has 0 saturated heterocycles. The van der Waals surface area contributed by atoms with E-state index in [4.69, 9.17) is 9.47 Å². The Balaban J connectivity index is 2.07. The molecule has 0 saturated carbocycles. The summed E-state index contributed by atoms with van der Waals surface area (Å²) in [5.74, 6) is 2.55. The van der Waals surface area contributed by atoms with Crippen molar-refractivity contribution in [2.45, 2.75) is 46.7 Å². The predicted octanol–water partition coefficient (Wildman–Crippen LogP) is 3.67. The fourth-order valence-electron chi connectivity index (χ4n) is 2.28. The van der Waals surface area contributed by atoms with Crippen LogP contribution in [0.3, 0.4) is 0 Å². The lowest BCUT2D eigenvalue weighted by Crippen LogP contribution is -2.32. The van der Waals surface area contributed by atoms with E-state index in [1.54, 1.807) is 0 Å². The molecule has 1 aromatic carbocycles. The molecule has 0 fully saturated rings. The molecule has 3 heteroatoms. The van der Waals surface area contributed by atoms with Gasteiger partial charge in [0.05, 0.1) is 0 Å².